The molecule has 0 bridgehead atoms. The molecule has 5 nitrogen and oxygen atoms in total. The molecule has 0 aliphatic carbocycles. The van der Waals surface area contributed by atoms with Crippen LogP contribution in [0.4, 0.5) is 8.78 Å². The van der Waals surface area contributed by atoms with Crippen LogP contribution in [0.3, 0.4) is 0 Å². The molecule has 0 heterocycles. The van der Waals surface area contributed by atoms with Crippen LogP contribution in [0.1, 0.15) is 47.7 Å². The highest BCUT2D eigenvalue weighted by Crippen LogP contribution is 2.33. The summed E-state index contributed by atoms with van der Waals surface area (Å²) in [5.41, 5.74) is 2.68. The molecule has 3 aromatic rings. The van der Waals surface area contributed by atoms with Crippen molar-refractivity contribution in [3.05, 3.63) is 95.1 Å². The minimum atomic E-state index is -2.88. The van der Waals surface area contributed by atoms with Gasteiger partial charge in [-0.15, -0.1) is 0 Å². The van der Waals surface area contributed by atoms with E-state index in [0.717, 1.165) is 23.6 Å². The quantitative estimate of drug-likeness (QED) is 0.375. The van der Waals surface area contributed by atoms with Crippen molar-refractivity contribution in [1.82, 2.24) is 10.6 Å². The second-order valence-corrected chi connectivity index (χ2v) is 8.42. The van der Waals surface area contributed by atoms with Gasteiger partial charge in [0.25, 0.3) is 5.92 Å². The number of methoxy groups -OCH3 is 2. The van der Waals surface area contributed by atoms with E-state index in [2.05, 4.69) is 10.6 Å². The number of likely N-dealkylation sites (N-methyl/N-ethyl adjacent to an activating group) is 1. The van der Waals surface area contributed by atoms with E-state index in [1.54, 1.807) is 33.4 Å². The fourth-order valence-corrected chi connectivity index (χ4v) is 4.01. The molecule has 0 saturated heterocycles. The molecule has 0 aliphatic rings. The molecule has 0 radical (unpaired) electrons. The van der Waals surface area contributed by atoms with Gasteiger partial charge in [0, 0.05) is 25.6 Å². The van der Waals surface area contributed by atoms with E-state index in [0.29, 0.717) is 24.3 Å². The van der Waals surface area contributed by atoms with Crippen LogP contribution in [-0.4, -0.2) is 27.2 Å². The van der Waals surface area contributed by atoms with Gasteiger partial charge in [-0.25, -0.2) is 8.78 Å². The summed E-state index contributed by atoms with van der Waals surface area (Å²) in [6.45, 7) is 0.890. The highest BCUT2D eigenvalue weighted by atomic mass is 19.3. The maximum Gasteiger partial charge on any atom is 0.270 e. The van der Waals surface area contributed by atoms with Gasteiger partial charge in [0.05, 0.1) is 14.2 Å². The minimum Gasteiger partial charge on any atom is -0.493 e. The van der Waals surface area contributed by atoms with Crippen molar-refractivity contribution in [2.75, 3.05) is 21.3 Å². The fraction of sp³-hybridized carbons (Fsp3) is 0.321. The maximum absolute atomic E-state index is 13.6. The number of hydrogen-bond acceptors (Lipinski definition) is 4. The summed E-state index contributed by atoms with van der Waals surface area (Å²) >= 11 is 0. The second kappa shape index (κ2) is 11.8. The Morgan fingerprint density at radius 1 is 0.914 bits per heavy atom. The topological polar surface area (TPSA) is 59.6 Å². The summed E-state index contributed by atoms with van der Waals surface area (Å²) in [6.07, 6.45) is 1.24. The Kier molecular flexibility index (Phi) is 8.82. The highest BCUT2D eigenvalue weighted by Gasteiger charge is 2.26. The summed E-state index contributed by atoms with van der Waals surface area (Å²) in [5, 5.41) is 6.24. The third-order valence-electron chi connectivity index (χ3n) is 6.00. The molecule has 0 aliphatic heterocycles. The number of amides is 1. The number of rotatable bonds is 11. The number of nitrogens with one attached hydrogen (secondary N) is 2. The Morgan fingerprint density at radius 2 is 1.57 bits per heavy atom. The van der Waals surface area contributed by atoms with Gasteiger partial charge < -0.3 is 14.8 Å². The fourth-order valence-electron chi connectivity index (χ4n) is 4.01. The van der Waals surface area contributed by atoms with Gasteiger partial charge in [-0.1, -0.05) is 60.7 Å². The van der Waals surface area contributed by atoms with Crippen molar-refractivity contribution in [1.29, 1.82) is 0 Å². The van der Waals surface area contributed by atoms with Crippen LogP contribution in [0.15, 0.2) is 72.8 Å². The van der Waals surface area contributed by atoms with Crippen LogP contribution >= 0.6 is 0 Å². The Hall–Kier alpha value is -3.45. The number of carbonyl (C=O) groups excluding carboxylic acids is 1. The van der Waals surface area contributed by atoms with Crippen LogP contribution < -0.4 is 20.1 Å². The van der Waals surface area contributed by atoms with Crippen LogP contribution in [0.25, 0.3) is 0 Å². The molecule has 0 fully saturated rings. The van der Waals surface area contributed by atoms with E-state index in [4.69, 9.17) is 9.47 Å². The predicted octanol–water partition coefficient (Wildman–Crippen LogP) is 5.57. The van der Waals surface area contributed by atoms with Crippen molar-refractivity contribution in [2.24, 2.45) is 0 Å². The number of benzene rings is 3. The maximum atomic E-state index is 13.6. The van der Waals surface area contributed by atoms with Gasteiger partial charge in [-0.3, -0.25) is 10.1 Å². The second-order valence-electron chi connectivity index (χ2n) is 8.42. The van der Waals surface area contributed by atoms with E-state index in [-0.39, 0.29) is 17.5 Å². The molecule has 2 unspecified atom stereocenters. The van der Waals surface area contributed by atoms with Gasteiger partial charge in [-0.2, -0.15) is 0 Å². The van der Waals surface area contributed by atoms with Crippen LogP contribution in [-0.2, 0) is 17.1 Å². The average molecular weight is 483 g/mol. The van der Waals surface area contributed by atoms with Crippen molar-refractivity contribution in [2.45, 2.75) is 37.8 Å². The van der Waals surface area contributed by atoms with Gasteiger partial charge in [0.15, 0.2) is 11.5 Å². The first-order valence-corrected chi connectivity index (χ1v) is 11.5. The predicted molar refractivity (Wildman–Crippen MR) is 133 cm³/mol. The highest BCUT2D eigenvalue weighted by molar-refractivity contribution is 5.83. The normalized spacial score (nSPS) is 13.1. The number of ether oxygens (including phenoxy) is 2. The summed E-state index contributed by atoms with van der Waals surface area (Å²) in [7, 11) is 4.76. The first kappa shape index (κ1) is 26.2. The molecule has 0 aromatic heterocycles. The van der Waals surface area contributed by atoms with E-state index in [1.807, 2.05) is 48.5 Å². The lowest BCUT2D eigenvalue weighted by atomic mass is 9.95. The van der Waals surface area contributed by atoms with Gasteiger partial charge in [0.1, 0.15) is 6.04 Å². The zero-order chi connectivity index (χ0) is 25.4. The van der Waals surface area contributed by atoms with Crippen molar-refractivity contribution in [3.63, 3.8) is 0 Å². The molecular formula is C28H32F2N2O3. The lowest BCUT2D eigenvalue weighted by molar-refractivity contribution is -0.123. The molecule has 7 heteroatoms. The van der Waals surface area contributed by atoms with Crippen LogP contribution in [0, 0.1) is 0 Å². The number of hydrogen-bond donors (Lipinski definition) is 2. The molecular weight excluding hydrogens is 450 g/mol. The van der Waals surface area contributed by atoms with E-state index < -0.39 is 12.0 Å². The summed E-state index contributed by atoms with van der Waals surface area (Å²) < 4.78 is 38.1. The molecule has 3 rings (SSSR count). The molecule has 3 aromatic carbocycles. The Labute approximate surface area is 205 Å². The largest absolute Gasteiger partial charge is 0.493 e. The monoisotopic (exact) mass is 482 g/mol. The van der Waals surface area contributed by atoms with Gasteiger partial charge in [0.2, 0.25) is 5.91 Å². The Balaban J connectivity index is 1.91. The molecule has 35 heavy (non-hydrogen) atoms. The minimum absolute atomic E-state index is 0.0143. The van der Waals surface area contributed by atoms with Crippen molar-refractivity contribution < 1.29 is 23.0 Å². The Morgan fingerprint density at radius 3 is 2.14 bits per heavy atom. The Bertz CT molecular complexity index is 1100. The third kappa shape index (κ3) is 6.79. The van der Waals surface area contributed by atoms with Crippen molar-refractivity contribution >= 4 is 5.91 Å². The first-order chi connectivity index (χ1) is 16.8. The lowest BCUT2D eigenvalue weighted by Gasteiger charge is -2.26. The summed E-state index contributed by atoms with van der Waals surface area (Å²) in [5.74, 6) is -1.84. The van der Waals surface area contributed by atoms with E-state index in [9.17, 15) is 13.6 Å². The molecule has 1 amide bonds. The van der Waals surface area contributed by atoms with Gasteiger partial charge >= 0.3 is 0 Å². The lowest BCUT2D eigenvalue weighted by Crippen LogP contribution is -2.38. The zero-order valence-corrected chi connectivity index (χ0v) is 20.5. The molecule has 0 spiro atoms. The molecule has 186 valence electrons. The summed E-state index contributed by atoms with van der Waals surface area (Å²) in [4.78, 5) is 12.8. The number of halogens is 2. The molecule has 0 saturated carbocycles. The van der Waals surface area contributed by atoms with E-state index >= 15 is 0 Å². The third-order valence-corrected chi connectivity index (χ3v) is 6.00. The van der Waals surface area contributed by atoms with Crippen molar-refractivity contribution in [3.8, 4) is 11.5 Å². The zero-order valence-electron chi connectivity index (χ0n) is 20.5. The van der Waals surface area contributed by atoms with Crippen LogP contribution in [0.5, 0.6) is 11.5 Å². The number of alkyl halides is 2. The van der Waals surface area contributed by atoms with E-state index in [1.165, 1.54) is 12.1 Å². The SMILES string of the molecule is CNC(=O)C(NC(CCc1ccc(C(C)(F)F)cc1)c1ccc(OC)c(OC)c1)c1ccccc1. The van der Waals surface area contributed by atoms with Crippen LogP contribution in [0.2, 0.25) is 0 Å². The average Bonchev–Trinajstić information content (AvgIpc) is 2.88. The standard InChI is InChI=1S/C28H32F2N2O3/c1-28(29,30)22-14-10-19(11-15-22)12-16-23(21-13-17-24(34-3)25(18-21)35-4)32-26(27(33)31-2)20-8-6-5-7-9-20/h5-11,13-15,17-18,23,26,32H,12,16H2,1-4H3,(H,31,33). The smallest absolute Gasteiger partial charge is 0.270 e. The summed E-state index contributed by atoms with van der Waals surface area (Å²) in [6, 6.07) is 20.7. The molecule has 2 atom stereocenters. The number of aryl methyl sites for hydroxylation is 1. The first-order valence-electron chi connectivity index (χ1n) is 11.5. The van der Waals surface area contributed by atoms with Gasteiger partial charge in [-0.05, 0) is 41.7 Å². The molecule has 2 N–H and O–H groups in total. The number of carbonyl (C=O) groups is 1.